The highest BCUT2D eigenvalue weighted by Crippen LogP contribution is 2.14. The Labute approximate surface area is 61.0 Å². The van der Waals surface area contributed by atoms with Crippen molar-refractivity contribution in [1.29, 1.82) is 0 Å². The molecule has 0 spiro atoms. The first-order valence-electron chi connectivity index (χ1n) is 3.71. The number of carbonyl (C=O) groups excluding carboxylic acids is 1. The summed E-state index contributed by atoms with van der Waals surface area (Å²) in [5.41, 5.74) is 5.40. The van der Waals surface area contributed by atoms with E-state index in [0.29, 0.717) is 12.5 Å². The Kier molecular flexibility index (Phi) is 2.27. The highest BCUT2D eigenvalue weighted by atomic mass is 16.1. The molecule has 0 aromatic carbocycles. The summed E-state index contributed by atoms with van der Waals surface area (Å²) in [4.78, 5) is 11.0. The number of carbonyl (C=O) groups is 1. The van der Waals surface area contributed by atoms with E-state index in [4.69, 9.17) is 5.73 Å². The number of rotatable bonds is 1. The molecule has 0 aromatic rings. The van der Waals surface area contributed by atoms with Crippen LogP contribution in [0.4, 0.5) is 0 Å². The smallest absolute Gasteiger partial charge is 0.224 e. The van der Waals surface area contributed by atoms with Crippen LogP contribution in [0, 0.1) is 11.8 Å². The summed E-state index contributed by atoms with van der Waals surface area (Å²) in [5.74, 6) is 0.774. The maximum atomic E-state index is 11.0. The lowest BCUT2D eigenvalue weighted by atomic mass is 9.91. The third-order valence-corrected chi connectivity index (χ3v) is 1.97. The van der Waals surface area contributed by atoms with Gasteiger partial charge in [0.15, 0.2) is 0 Å². The Hall–Kier alpha value is -0.570. The molecular weight excluding hydrogens is 128 g/mol. The van der Waals surface area contributed by atoms with Gasteiger partial charge in [-0.3, -0.25) is 4.79 Å². The minimum atomic E-state index is 0.0590. The molecule has 3 heteroatoms. The third kappa shape index (κ3) is 1.48. The van der Waals surface area contributed by atoms with Crippen LogP contribution in [0.25, 0.3) is 0 Å². The summed E-state index contributed by atoms with van der Waals surface area (Å²) in [6.07, 6.45) is 0.947. The first-order valence-corrected chi connectivity index (χ1v) is 3.71. The normalized spacial score (nSPS) is 33.6. The van der Waals surface area contributed by atoms with E-state index in [2.05, 4.69) is 12.2 Å². The van der Waals surface area contributed by atoms with Gasteiger partial charge in [0.05, 0.1) is 5.92 Å². The molecule has 1 amide bonds. The van der Waals surface area contributed by atoms with Crippen LogP contribution in [-0.2, 0) is 4.79 Å². The molecule has 0 bridgehead atoms. The van der Waals surface area contributed by atoms with Crippen LogP contribution in [-0.4, -0.2) is 19.0 Å². The summed E-state index contributed by atoms with van der Waals surface area (Å²) in [7, 11) is 0. The molecule has 1 saturated heterocycles. The topological polar surface area (TPSA) is 55.1 Å². The summed E-state index contributed by atoms with van der Waals surface area (Å²) in [5, 5.41) is 2.81. The van der Waals surface area contributed by atoms with Gasteiger partial charge in [0.25, 0.3) is 0 Å². The van der Waals surface area contributed by atoms with Crippen LogP contribution in [0.3, 0.4) is 0 Å². The van der Waals surface area contributed by atoms with E-state index in [0.717, 1.165) is 13.0 Å². The molecule has 0 unspecified atom stereocenters. The summed E-state index contributed by atoms with van der Waals surface area (Å²) in [6.45, 7) is 3.42. The predicted octanol–water partition coefficient (Wildman–Crippen LogP) is -0.283. The van der Waals surface area contributed by atoms with Crippen molar-refractivity contribution >= 4 is 5.91 Å². The standard InChI is InChI=1S/C7H14N2O/c1-5-2-6(3-8)7(10)9-4-5/h5-6H,2-4,8H2,1H3,(H,9,10)/t5-,6+/m0/s1. The van der Waals surface area contributed by atoms with Gasteiger partial charge in [-0.1, -0.05) is 6.92 Å². The quantitative estimate of drug-likeness (QED) is 0.529. The molecule has 1 rings (SSSR count). The minimum Gasteiger partial charge on any atom is -0.356 e. The maximum absolute atomic E-state index is 11.0. The Morgan fingerprint density at radius 1 is 1.80 bits per heavy atom. The molecule has 0 radical (unpaired) electrons. The van der Waals surface area contributed by atoms with Crippen molar-refractivity contribution in [2.24, 2.45) is 17.6 Å². The van der Waals surface area contributed by atoms with E-state index in [1.807, 2.05) is 0 Å². The highest BCUT2D eigenvalue weighted by Gasteiger charge is 2.24. The van der Waals surface area contributed by atoms with Crippen molar-refractivity contribution in [1.82, 2.24) is 5.32 Å². The second-order valence-corrected chi connectivity index (χ2v) is 3.02. The molecule has 0 saturated carbocycles. The Morgan fingerprint density at radius 3 is 3.00 bits per heavy atom. The van der Waals surface area contributed by atoms with Gasteiger partial charge in [-0.05, 0) is 12.3 Å². The number of amides is 1. The lowest BCUT2D eigenvalue weighted by molar-refractivity contribution is -0.127. The van der Waals surface area contributed by atoms with E-state index >= 15 is 0 Å². The number of piperidine rings is 1. The second kappa shape index (κ2) is 3.01. The van der Waals surface area contributed by atoms with Gasteiger partial charge in [0.1, 0.15) is 0 Å². The fourth-order valence-corrected chi connectivity index (χ4v) is 1.30. The summed E-state index contributed by atoms with van der Waals surface area (Å²) < 4.78 is 0. The summed E-state index contributed by atoms with van der Waals surface area (Å²) in [6, 6.07) is 0. The Bertz CT molecular complexity index is 136. The lowest BCUT2D eigenvalue weighted by Crippen LogP contribution is -2.43. The molecule has 2 atom stereocenters. The highest BCUT2D eigenvalue weighted by molar-refractivity contribution is 5.79. The Morgan fingerprint density at radius 2 is 2.50 bits per heavy atom. The molecule has 3 N–H and O–H groups in total. The molecule has 0 aliphatic carbocycles. The SMILES string of the molecule is C[C@@H]1CNC(=O)[C@@H](CN)C1. The van der Waals surface area contributed by atoms with Crippen LogP contribution >= 0.6 is 0 Å². The monoisotopic (exact) mass is 142 g/mol. The van der Waals surface area contributed by atoms with Crippen LogP contribution in [0.5, 0.6) is 0 Å². The Balaban J connectivity index is 2.45. The maximum Gasteiger partial charge on any atom is 0.224 e. The minimum absolute atomic E-state index is 0.0590. The van der Waals surface area contributed by atoms with Gasteiger partial charge in [-0.15, -0.1) is 0 Å². The largest absolute Gasteiger partial charge is 0.356 e. The first kappa shape index (κ1) is 7.54. The van der Waals surface area contributed by atoms with Gasteiger partial charge >= 0.3 is 0 Å². The molecule has 0 aromatic heterocycles. The number of nitrogens with one attached hydrogen (secondary N) is 1. The van der Waals surface area contributed by atoms with Crippen molar-refractivity contribution in [2.75, 3.05) is 13.1 Å². The zero-order valence-electron chi connectivity index (χ0n) is 6.26. The van der Waals surface area contributed by atoms with Crippen LogP contribution in [0.15, 0.2) is 0 Å². The van der Waals surface area contributed by atoms with Gasteiger partial charge in [-0.2, -0.15) is 0 Å². The van der Waals surface area contributed by atoms with Crippen molar-refractivity contribution < 1.29 is 4.79 Å². The van der Waals surface area contributed by atoms with Crippen molar-refractivity contribution in [3.05, 3.63) is 0 Å². The van der Waals surface area contributed by atoms with Crippen LogP contribution in [0.1, 0.15) is 13.3 Å². The molecule has 1 aliphatic heterocycles. The van der Waals surface area contributed by atoms with Gasteiger partial charge in [0.2, 0.25) is 5.91 Å². The number of hydrogen-bond acceptors (Lipinski definition) is 2. The van der Waals surface area contributed by atoms with E-state index in [1.54, 1.807) is 0 Å². The van der Waals surface area contributed by atoms with E-state index in [9.17, 15) is 4.79 Å². The zero-order chi connectivity index (χ0) is 7.56. The van der Waals surface area contributed by atoms with E-state index in [-0.39, 0.29) is 11.8 Å². The molecule has 1 fully saturated rings. The van der Waals surface area contributed by atoms with Crippen LogP contribution in [0.2, 0.25) is 0 Å². The molecule has 58 valence electrons. The summed E-state index contributed by atoms with van der Waals surface area (Å²) >= 11 is 0. The van der Waals surface area contributed by atoms with Gasteiger partial charge in [-0.25, -0.2) is 0 Å². The number of hydrogen-bond donors (Lipinski definition) is 2. The van der Waals surface area contributed by atoms with Crippen molar-refractivity contribution in [2.45, 2.75) is 13.3 Å². The fourth-order valence-electron chi connectivity index (χ4n) is 1.30. The van der Waals surface area contributed by atoms with Crippen molar-refractivity contribution in [3.8, 4) is 0 Å². The average molecular weight is 142 g/mol. The molecule has 1 heterocycles. The molecular formula is C7H14N2O. The molecule has 3 nitrogen and oxygen atoms in total. The molecule has 1 aliphatic rings. The van der Waals surface area contributed by atoms with Crippen molar-refractivity contribution in [3.63, 3.8) is 0 Å². The molecule has 10 heavy (non-hydrogen) atoms. The predicted molar refractivity (Wildman–Crippen MR) is 39.3 cm³/mol. The fraction of sp³-hybridized carbons (Fsp3) is 0.857. The lowest BCUT2D eigenvalue weighted by Gasteiger charge is -2.25. The van der Waals surface area contributed by atoms with Gasteiger partial charge < -0.3 is 11.1 Å². The average Bonchev–Trinajstić information content (AvgIpc) is 1.94. The second-order valence-electron chi connectivity index (χ2n) is 3.02. The van der Waals surface area contributed by atoms with Crippen LogP contribution < -0.4 is 11.1 Å². The first-order chi connectivity index (χ1) is 4.74. The van der Waals surface area contributed by atoms with E-state index < -0.39 is 0 Å². The third-order valence-electron chi connectivity index (χ3n) is 1.97. The van der Waals surface area contributed by atoms with E-state index in [1.165, 1.54) is 0 Å². The number of nitrogens with two attached hydrogens (primary N) is 1. The van der Waals surface area contributed by atoms with Gasteiger partial charge in [0, 0.05) is 13.1 Å². The zero-order valence-corrected chi connectivity index (χ0v) is 6.26.